The number of aliphatic hydroxyl groups is 1. The van der Waals surface area contributed by atoms with E-state index in [0.717, 1.165) is 6.42 Å². The van der Waals surface area contributed by atoms with Crippen LogP contribution in [0.5, 0.6) is 0 Å². The summed E-state index contributed by atoms with van der Waals surface area (Å²) in [5, 5.41) is 9.97. The first-order chi connectivity index (χ1) is 7.19. The number of hydrogen-bond donors (Lipinski definition) is 1. The first-order valence-electron chi connectivity index (χ1n) is 5.53. The number of ether oxygens (including phenoxy) is 2. The van der Waals surface area contributed by atoms with Crippen molar-refractivity contribution in [3.63, 3.8) is 0 Å². The van der Waals surface area contributed by atoms with Crippen LogP contribution in [-0.4, -0.2) is 37.5 Å². The van der Waals surface area contributed by atoms with E-state index in [1.807, 2.05) is 0 Å². The van der Waals surface area contributed by atoms with E-state index < -0.39 is 11.5 Å². The molecule has 1 aliphatic heterocycles. The van der Waals surface area contributed by atoms with Crippen LogP contribution in [0.2, 0.25) is 0 Å². The van der Waals surface area contributed by atoms with E-state index >= 15 is 0 Å². The summed E-state index contributed by atoms with van der Waals surface area (Å²) in [7, 11) is 1.39. The number of esters is 1. The SMILES string of the molecule is COC(=O)C1(CC2CC2)CCOCC1O. The molecule has 1 N–H and O–H groups in total. The zero-order chi connectivity index (χ0) is 10.9. The molecular formula is C11H18O4. The Kier molecular flexibility index (Phi) is 2.98. The van der Waals surface area contributed by atoms with Crippen LogP contribution in [0.4, 0.5) is 0 Å². The van der Waals surface area contributed by atoms with E-state index in [-0.39, 0.29) is 12.6 Å². The van der Waals surface area contributed by atoms with Crippen molar-refractivity contribution >= 4 is 5.97 Å². The molecule has 1 saturated carbocycles. The highest BCUT2D eigenvalue weighted by atomic mass is 16.5. The van der Waals surface area contributed by atoms with Crippen LogP contribution in [0.25, 0.3) is 0 Å². The first kappa shape index (κ1) is 10.9. The molecule has 0 bridgehead atoms. The van der Waals surface area contributed by atoms with Crippen LogP contribution in [0.15, 0.2) is 0 Å². The molecule has 0 radical (unpaired) electrons. The quantitative estimate of drug-likeness (QED) is 0.704. The Morgan fingerprint density at radius 3 is 2.87 bits per heavy atom. The fourth-order valence-corrected chi connectivity index (χ4v) is 2.38. The van der Waals surface area contributed by atoms with E-state index in [9.17, 15) is 9.90 Å². The topological polar surface area (TPSA) is 55.8 Å². The molecule has 0 aromatic heterocycles. The Balaban J connectivity index is 2.14. The second kappa shape index (κ2) is 4.10. The normalized spacial score (nSPS) is 36.3. The fourth-order valence-electron chi connectivity index (χ4n) is 2.38. The molecule has 2 aliphatic rings. The van der Waals surface area contributed by atoms with Gasteiger partial charge in [-0.05, 0) is 18.8 Å². The van der Waals surface area contributed by atoms with Crippen molar-refractivity contribution in [3.8, 4) is 0 Å². The van der Waals surface area contributed by atoms with Crippen molar-refractivity contribution < 1.29 is 19.4 Å². The molecule has 86 valence electrons. The summed E-state index contributed by atoms with van der Waals surface area (Å²) >= 11 is 0. The van der Waals surface area contributed by atoms with Crippen molar-refractivity contribution in [1.82, 2.24) is 0 Å². The highest BCUT2D eigenvalue weighted by molar-refractivity contribution is 5.77. The molecule has 2 unspecified atom stereocenters. The van der Waals surface area contributed by atoms with Gasteiger partial charge < -0.3 is 14.6 Å². The van der Waals surface area contributed by atoms with Gasteiger partial charge in [-0.1, -0.05) is 12.8 Å². The molecule has 4 heteroatoms. The van der Waals surface area contributed by atoms with Gasteiger partial charge in [0.15, 0.2) is 0 Å². The number of methoxy groups -OCH3 is 1. The average molecular weight is 214 g/mol. The predicted molar refractivity (Wildman–Crippen MR) is 53.2 cm³/mol. The summed E-state index contributed by atoms with van der Waals surface area (Å²) < 4.78 is 10.0. The van der Waals surface area contributed by atoms with Gasteiger partial charge in [-0.3, -0.25) is 4.79 Å². The zero-order valence-electron chi connectivity index (χ0n) is 9.07. The van der Waals surface area contributed by atoms with Crippen molar-refractivity contribution in [3.05, 3.63) is 0 Å². The minimum absolute atomic E-state index is 0.252. The molecule has 1 saturated heterocycles. The maximum Gasteiger partial charge on any atom is 0.314 e. The number of carbonyl (C=O) groups excluding carboxylic acids is 1. The van der Waals surface area contributed by atoms with E-state index in [0.29, 0.717) is 18.9 Å². The monoisotopic (exact) mass is 214 g/mol. The summed E-state index contributed by atoms with van der Waals surface area (Å²) in [6.07, 6.45) is 2.97. The molecule has 4 nitrogen and oxygen atoms in total. The Labute approximate surface area is 89.6 Å². The second-order valence-electron chi connectivity index (χ2n) is 4.64. The Hall–Kier alpha value is -0.610. The van der Waals surface area contributed by atoms with Crippen molar-refractivity contribution in [2.45, 2.75) is 31.8 Å². The van der Waals surface area contributed by atoms with Crippen LogP contribution < -0.4 is 0 Å². The van der Waals surface area contributed by atoms with Crippen molar-refractivity contribution in [2.75, 3.05) is 20.3 Å². The maximum absolute atomic E-state index is 11.8. The summed E-state index contributed by atoms with van der Waals surface area (Å²) in [6, 6.07) is 0. The molecule has 2 fully saturated rings. The summed E-state index contributed by atoms with van der Waals surface area (Å²) in [4.78, 5) is 11.8. The minimum Gasteiger partial charge on any atom is -0.469 e. The Morgan fingerprint density at radius 1 is 1.60 bits per heavy atom. The predicted octanol–water partition coefficient (Wildman–Crippen LogP) is 0.727. The van der Waals surface area contributed by atoms with Gasteiger partial charge in [0.1, 0.15) is 0 Å². The van der Waals surface area contributed by atoms with Crippen molar-refractivity contribution in [2.24, 2.45) is 11.3 Å². The molecule has 15 heavy (non-hydrogen) atoms. The average Bonchev–Trinajstić information content (AvgIpc) is 3.04. The third kappa shape index (κ3) is 2.01. The van der Waals surface area contributed by atoms with Gasteiger partial charge in [0, 0.05) is 6.61 Å². The highest BCUT2D eigenvalue weighted by Crippen LogP contribution is 2.46. The van der Waals surface area contributed by atoms with Gasteiger partial charge in [0.05, 0.1) is 25.2 Å². The Bertz CT molecular complexity index is 249. The second-order valence-corrected chi connectivity index (χ2v) is 4.64. The van der Waals surface area contributed by atoms with Crippen LogP contribution in [0, 0.1) is 11.3 Å². The molecule has 2 rings (SSSR count). The standard InChI is InChI=1S/C11H18O4/c1-14-10(13)11(6-8-2-3-8)4-5-15-7-9(11)12/h8-9,12H,2-7H2,1H3. The lowest BCUT2D eigenvalue weighted by atomic mass is 9.73. The van der Waals surface area contributed by atoms with Gasteiger partial charge >= 0.3 is 5.97 Å². The van der Waals surface area contributed by atoms with E-state index in [1.165, 1.54) is 20.0 Å². The number of aliphatic hydroxyl groups excluding tert-OH is 1. The van der Waals surface area contributed by atoms with E-state index in [4.69, 9.17) is 9.47 Å². The fraction of sp³-hybridized carbons (Fsp3) is 0.909. The summed E-state index contributed by atoms with van der Waals surface area (Å²) in [5.41, 5.74) is -0.700. The minimum atomic E-state index is -0.709. The molecule has 1 heterocycles. The van der Waals surface area contributed by atoms with Crippen LogP contribution >= 0.6 is 0 Å². The smallest absolute Gasteiger partial charge is 0.314 e. The number of hydrogen-bond acceptors (Lipinski definition) is 4. The highest BCUT2D eigenvalue weighted by Gasteiger charge is 2.50. The first-order valence-corrected chi connectivity index (χ1v) is 5.53. The molecule has 2 atom stereocenters. The Morgan fingerprint density at radius 2 is 2.33 bits per heavy atom. The summed E-state index contributed by atoms with van der Waals surface area (Å²) in [6.45, 7) is 0.792. The molecule has 0 aromatic carbocycles. The molecular weight excluding hydrogens is 196 g/mol. The van der Waals surface area contributed by atoms with Crippen LogP contribution in [-0.2, 0) is 14.3 Å². The van der Waals surface area contributed by atoms with Gasteiger partial charge in [0.2, 0.25) is 0 Å². The number of carbonyl (C=O) groups is 1. The van der Waals surface area contributed by atoms with E-state index in [1.54, 1.807) is 0 Å². The van der Waals surface area contributed by atoms with E-state index in [2.05, 4.69) is 0 Å². The van der Waals surface area contributed by atoms with Crippen LogP contribution in [0.1, 0.15) is 25.7 Å². The van der Waals surface area contributed by atoms with Gasteiger partial charge in [-0.2, -0.15) is 0 Å². The maximum atomic E-state index is 11.8. The zero-order valence-corrected chi connectivity index (χ0v) is 9.07. The van der Waals surface area contributed by atoms with Gasteiger partial charge in [-0.15, -0.1) is 0 Å². The summed E-state index contributed by atoms with van der Waals surface area (Å²) in [5.74, 6) is 0.321. The molecule has 1 aliphatic carbocycles. The van der Waals surface area contributed by atoms with Crippen LogP contribution in [0.3, 0.4) is 0 Å². The third-order valence-electron chi connectivity index (χ3n) is 3.55. The molecule has 0 spiro atoms. The molecule has 0 aromatic rings. The largest absolute Gasteiger partial charge is 0.469 e. The number of rotatable bonds is 3. The van der Waals surface area contributed by atoms with Gasteiger partial charge in [0.25, 0.3) is 0 Å². The van der Waals surface area contributed by atoms with Crippen molar-refractivity contribution in [1.29, 1.82) is 0 Å². The lowest BCUT2D eigenvalue weighted by Crippen LogP contribution is -2.50. The lowest BCUT2D eigenvalue weighted by Gasteiger charge is -2.38. The third-order valence-corrected chi connectivity index (χ3v) is 3.55. The van der Waals surface area contributed by atoms with Gasteiger partial charge in [-0.25, -0.2) is 0 Å². The lowest BCUT2D eigenvalue weighted by molar-refractivity contribution is -0.175. The molecule has 0 amide bonds.